The first-order chi connectivity index (χ1) is 5.77. The lowest BCUT2D eigenvalue weighted by Crippen LogP contribution is -2.34. The van der Waals surface area contributed by atoms with E-state index in [9.17, 15) is 4.79 Å². The minimum Gasteiger partial charge on any atom is -0.380 e. The molecule has 0 aliphatic carbocycles. The first kappa shape index (κ1) is 8.01. The molecule has 2 fully saturated rings. The fraction of sp³-hybridized carbons (Fsp3) is 0.875. The molecule has 0 aromatic rings. The van der Waals surface area contributed by atoms with Crippen LogP contribution in [0, 0.1) is 0 Å². The van der Waals surface area contributed by atoms with Crippen molar-refractivity contribution in [3.05, 3.63) is 0 Å². The van der Waals surface area contributed by atoms with E-state index in [1.807, 2.05) is 7.05 Å². The molecule has 1 amide bonds. The second-order valence-corrected chi connectivity index (χ2v) is 3.50. The van der Waals surface area contributed by atoms with Crippen molar-refractivity contribution in [1.29, 1.82) is 0 Å². The molecule has 2 aliphatic rings. The van der Waals surface area contributed by atoms with Gasteiger partial charge in [0.15, 0.2) is 0 Å². The Bertz CT molecular complexity index is 189. The first-order valence-corrected chi connectivity index (χ1v) is 4.33. The highest BCUT2D eigenvalue weighted by molar-refractivity contribution is 5.79. The predicted octanol–water partition coefficient (Wildman–Crippen LogP) is -0.493. The highest BCUT2D eigenvalue weighted by atomic mass is 16.5. The van der Waals surface area contributed by atoms with Gasteiger partial charge in [-0.2, -0.15) is 0 Å². The summed E-state index contributed by atoms with van der Waals surface area (Å²) in [5.41, 5.74) is 0. The number of ether oxygens (including phenoxy) is 1. The highest BCUT2D eigenvalue weighted by Gasteiger charge is 2.31. The van der Waals surface area contributed by atoms with Crippen molar-refractivity contribution in [1.82, 2.24) is 9.80 Å². The average molecular weight is 170 g/mol. The standard InChI is InChI=1S/C8H14N2O2/c1-9-6-10(4-8(9)11)7-2-3-12-5-7/h7H,2-6H2,1H3. The van der Waals surface area contributed by atoms with Gasteiger partial charge in [-0.15, -0.1) is 0 Å². The SMILES string of the molecule is CN1CN(C2CCOC2)CC1=O. The van der Waals surface area contributed by atoms with Crippen LogP contribution in [-0.4, -0.2) is 55.2 Å². The van der Waals surface area contributed by atoms with Crippen LogP contribution in [0.5, 0.6) is 0 Å². The smallest absolute Gasteiger partial charge is 0.237 e. The summed E-state index contributed by atoms with van der Waals surface area (Å²) in [5.74, 6) is 0.224. The van der Waals surface area contributed by atoms with E-state index in [2.05, 4.69) is 4.90 Å². The van der Waals surface area contributed by atoms with Crippen LogP contribution in [0.2, 0.25) is 0 Å². The van der Waals surface area contributed by atoms with E-state index in [1.165, 1.54) is 0 Å². The van der Waals surface area contributed by atoms with Gasteiger partial charge in [0.25, 0.3) is 0 Å². The van der Waals surface area contributed by atoms with Crippen LogP contribution in [0.4, 0.5) is 0 Å². The van der Waals surface area contributed by atoms with Crippen molar-refractivity contribution in [2.45, 2.75) is 12.5 Å². The molecule has 0 spiro atoms. The van der Waals surface area contributed by atoms with Crippen molar-refractivity contribution < 1.29 is 9.53 Å². The van der Waals surface area contributed by atoms with Crippen LogP contribution in [0.25, 0.3) is 0 Å². The molecular weight excluding hydrogens is 156 g/mol. The molecule has 2 rings (SSSR count). The maximum atomic E-state index is 11.2. The topological polar surface area (TPSA) is 32.8 Å². The van der Waals surface area contributed by atoms with Crippen molar-refractivity contribution in [3.8, 4) is 0 Å². The molecule has 0 bridgehead atoms. The zero-order valence-corrected chi connectivity index (χ0v) is 7.32. The Hall–Kier alpha value is -0.610. The molecule has 2 aliphatic heterocycles. The minimum absolute atomic E-state index is 0.224. The Kier molecular flexibility index (Phi) is 2.02. The fourth-order valence-corrected chi connectivity index (χ4v) is 1.75. The van der Waals surface area contributed by atoms with Crippen LogP contribution >= 0.6 is 0 Å². The van der Waals surface area contributed by atoms with Crippen LogP contribution in [-0.2, 0) is 9.53 Å². The normalized spacial score (nSPS) is 31.9. The van der Waals surface area contributed by atoms with Crippen LogP contribution in [0.1, 0.15) is 6.42 Å². The van der Waals surface area contributed by atoms with E-state index in [0.29, 0.717) is 12.6 Å². The zero-order chi connectivity index (χ0) is 8.55. The summed E-state index contributed by atoms with van der Waals surface area (Å²) in [6.45, 7) is 2.98. The number of carbonyl (C=O) groups is 1. The van der Waals surface area contributed by atoms with E-state index in [-0.39, 0.29) is 5.91 Å². The van der Waals surface area contributed by atoms with E-state index in [1.54, 1.807) is 4.90 Å². The summed E-state index contributed by atoms with van der Waals surface area (Å²) in [7, 11) is 1.85. The molecule has 2 saturated heterocycles. The van der Waals surface area contributed by atoms with E-state index in [0.717, 1.165) is 26.3 Å². The third kappa shape index (κ3) is 1.32. The molecule has 68 valence electrons. The molecule has 4 nitrogen and oxygen atoms in total. The van der Waals surface area contributed by atoms with Crippen molar-refractivity contribution in [2.24, 2.45) is 0 Å². The lowest BCUT2D eigenvalue weighted by atomic mass is 10.2. The molecule has 1 unspecified atom stereocenters. The van der Waals surface area contributed by atoms with Gasteiger partial charge in [-0.05, 0) is 6.42 Å². The van der Waals surface area contributed by atoms with Gasteiger partial charge in [-0.25, -0.2) is 0 Å². The molecule has 0 N–H and O–H groups in total. The van der Waals surface area contributed by atoms with Gasteiger partial charge in [-0.3, -0.25) is 9.69 Å². The molecule has 0 saturated carbocycles. The molecule has 4 heteroatoms. The third-order valence-electron chi connectivity index (χ3n) is 2.58. The molecular formula is C8H14N2O2. The molecule has 1 atom stereocenters. The Morgan fingerprint density at radius 1 is 1.58 bits per heavy atom. The Morgan fingerprint density at radius 2 is 2.42 bits per heavy atom. The van der Waals surface area contributed by atoms with Crippen molar-refractivity contribution in [2.75, 3.05) is 33.5 Å². The summed E-state index contributed by atoms with van der Waals surface area (Å²) in [6.07, 6.45) is 1.07. The zero-order valence-electron chi connectivity index (χ0n) is 7.32. The van der Waals surface area contributed by atoms with E-state index < -0.39 is 0 Å². The molecule has 12 heavy (non-hydrogen) atoms. The van der Waals surface area contributed by atoms with Crippen LogP contribution < -0.4 is 0 Å². The van der Waals surface area contributed by atoms with Gasteiger partial charge >= 0.3 is 0 Å². The van der Waals surface area contributed by atoms with E-state index >= 15 is 0 Å². The van der Waals surface area contributed by atoms with Gasteiger partial charge in [0, 0.05) is 19.7 Å². The maximum absolute atomic E-state index is 11.2. The maximum Gasteiger partial charge on any atom is 0.237 e. The molecule has 0 aromatic carbocycles. The summed E-state index contributed by atoms with van der Waals surface area (Å²) >= 11 is 0. The number of amides is 1. The van der Waals surface area contributed by atoms with Gasteiger partial charge in [0.05, 0.1) is 19.8 Å². The number of rotatable bonds is 1. The second kappa shape index (κ2) is 3.03. The fourth-order valence-electron chi connectivity index (χ4n) is 1.75. The van der Waals surface area contributed by atoms with Gasteiger partial charge < -0.3 is 9.64 Å². The van der Waals surface area contributed by atoms with Gasteiger partial charge in [0.1, 0.15) is 0 Å². The van der Waals surface area contributed by atoms with Gasteiger partial charge in [-0.1, -0.05) is 0 Å². The van der Waals surface area contributed by atoms with Crippen LogP contribution in [0.15, 0.2) is 0 Å². The lowest BCUT2D eigenvalue weighted by molar-refractivity contribution is -0.125. The number of carbonyl (C=O) groups excluding carboxylic acids is 1. The summed E-state index contributed by atoms with van der Waals surface area (Å²) in [4.78, 5) is 15.1. The number of nitrogens with zero attached hydrogens (tertiary/aromatic N) is 2. The monoisotopic (exact) mass is 170 g/mol. The number of likely N-dealkylation sites (N-methyl/N-ethyl adjacent to an activating group) is 1. The van der Waals surface area contributed by atoms with Gasteiger partial charge in [0.2, 0.25) is 5.91 Å². The Labute approximate surface area is 72.1 Å². The Morgan fingerprint density at radius 3 is 2.92 bits per heavy atom. The first-order valence-electron chi connectivity index (χ1n) is 4.33. The van der Waals surface area contributed by atoms with Crippen molar-refractivity contribution in [3.63, 3.8) is 0 Å². The minimum atomic E-state index is 0.224. The second-order valence-electron chi connectivity index (χ2n) is 3.50. The number of hydrogen-bond acceptors (Lipinski definition) is 3. The summed E-state index contributed by atoms with van der Waals surface area (Å²) < 4.78 is 5.27. The summed E-state index contributed by atoms with van der Waals surface area (Å²) in [5, 5.41) is 0. The summed E-state index contributed by atoms with van der Waals surface area (Å²) in [6, 6.07) is 0.471. The van der Waals surface area contributed by atoms with Crippen LogP contribution in [0.3, 0.4) is 0 Å². The molecule has 0 aromatic heterocycles. The largest absolute Gasteiger partial charge is 0.380 e. The Balaban J connectivity index is 1.93. The van der Waals surface area contributed by atoms with E-state index in [4.69, 9.17) is 4.74 Å². The average Bonchev–Trinajstić information content (AvgIpc) is 2.61. The highest BCUT2D eigenvalue weighted by Crippen LogP contribution is 2.16. The number of hydrogen-bond donors (Lipinski definition) is 0. The molecule has 2 heterocycles. The quantitative estimate of drug-likeness (QED) is 0.532. The van der Waals surface area contributed by atoms with Crippen molar-refractivity contribution >= 4 is 5.91 Å². The lowest BCUT2D eigenvalue weighted by Gasteiger charge is -2.20. The predicted molar refractivity (Wildman–Crippen MR) is 43.6 cm³/mol. The molecule has 0 radical (unpaired) electrons. The third-order valence-corrected chi connectivity index (χ3v) is 2.58.